The third-order valence-electron chi connectivity index (χ3n) is 3.09. The van der Waals surface area contributed by atoms with Crippen LogP contribution in [-0.4, -0.2) is 27.4 Å². The predicted molar refractivity (Wildman–Crippen MR) is 91.1 cm³/mol. The van der Waals surface area contributed by atoms with Crippen molar-refractivity contribution in [3.8, 4) is 6.07 Å². The van der Waals surface area contributed by atoms with E-state index in [1.54, 1.807) is 12.1 Å². The highest BCUT2D eigenvalue weighted by molar-refractivity contribution is 7.89. The first-order valence-corrected chi connectivity index (χ1v) is 9.02. The van der Waals surface area contributed by atoms with E-state index in [4.69, 9.17) is 10.4 Å². The lowest BCUT2D eigenvalue weighted by atomic mass is 10.1. The van der Waals surface area contributed by atoms with E-state index in [1.165, 1.54) is 18.3 Å². The third kappa shape index (κ3) is 6.81. The average Bonchev–Trinajstić information content (AvgIpc) is 2.52. The fourth-order valence-electron chi connectivity index (χ4n) is 1.78. The number of nitrogens with two attached hydrogens (primary N) is 1. The highest BCUT2D eigenvalue weighted by Gasteiger charge is 2.09. The van der Waals surface area contributed by atoms with Gasteiger partial charge in [0.2, 0.25) is 10.0 Å². The third-order valence-corrected chi connectivity index (χ3v) is 4.02. The van der Waals surface area contributed by atoms with Crippen molar-refractivity contribution in [1.29, 1.82) is 5.26 Å². The Morgan fingerprint density at radius 2 is 1.96 bits per heavy atom. The molecule has 0 saturated heterocycles. The van der Waals surface area contributed by atoms with Gasteiger partial charge in [0.25, 0.3) is 5.91 Å². The number of benzene rings is 1. The fraction of sp³-hybridized carbons (Fsp3) is 0.375. The number of hydrogen-bond donors (Lipinski definition) is 3. The summed E-state index contributed by atoms with van der Waals surface area (Å²) in [6, 6.07) is 8.09. The first-order chi connectivity index (χ1) is 11.2. The molecule has 24 heavy (non-hydrogen) atoms. The van der Waals surface area contributed by atoms with E-state index < -0.39 is 15.9 Å². The summed E-state index contributed by atoms with van der Waals surface area (Å²) in [6.45, 7) is 4.94. The van der Waals surface area contributed by atoms with E-state index in [2.05, 4.69) is 10.6 Å². The second-order valence-corrected chi connectivity index (χ2v) is 7.23. The maximum Gasteiger partial charge on any atom is 0.263 e. The number of nitrogens with zero attached hydrogens (tertiary/aromatic N) is 1. The van der Waals surface area contributed by atoms with E-state index in [0.717, 1.165) is 5.56 Å². The second kappa shape index (κ2) is 9.05. The molecular formula is C16H22N4O3S. The van der Waals surface area contributed by atoms with Gasteiger partial charge < -0.3 is 10.6 Å². The monoisotopic (exact) mass is 350 g/mol. The zero-order chi connectivity index (χ0) is 18.2. The minimum Gasteiger partial charge on any atom is -0.389 e. The molecule has 0 atom stereocenters. The molecule has 1 rings (SSSR count). The summed E-state index contributed by atoms with van der Waals surface area (Å²) >= 11 is 0. The van der Waals surface area contributed by atoms with Gasteiger partial charge >= 0.3 is 0 Å². The van der Waals surface area contributed by atoms with E-state index in [0.29, 0.717) is 25.4 Å². The van der Waals surface area contributed by atoms with Crippen molar-refractivity contribution < 1.29 is 13.2 Å². The molecular weight excluding hydrogens is 328 g/mol. The van der Waals surface area contributed by atoms with Gasteiger partial charge in [-0.2, -0.15) is 5.26 Å². The minimum atomic E-state index is -3.69. The van der Waals surface area contributed by atoms with E-state index in [9.17, 15) is 13.2 Å². The van der Waals surface area contributed by atoms with E-state index in [-0.39, 0.29) is 10.5 Å². The van der Waals surface area contributed by atoms with Gasteiger partial charge in [0.15, 0.2) is 0 Å². The SMILES string of the molecule is CC(C)CNC(=O)/C(C#N)=C\NCCc1ccc(S(N)(=O)=O)cc1. The predicted octanol–water partition coefficient (Wildman–Crippen LogP) is 0.646. The number of carbonyl (C=O) groups excluding carboxylic acids is 1. The molecule has 1 amide bonds. The van der Waals surface area contributed by atoms with E-state index >= 15 is 0 Å². The molecule has 0 aliphatic heterocycles. The quantitative estimate of drug-likeness (QED) is 0.360. The highest BCUT2D eigenvalue weighted by atomic mass is 32.2. The average molecular weight is 350 g/mol. The van der Waals surface area contributed by atoms with E-state index in [1.807, 2.05) is 19.9 Å². The summed E-state index contributed by atoms with van der Waals surface area (Å²) in [4.78, 5) is 11.8. The molecule has 130 valence electrons. The molecule has 0 aliphatic carbocycles. The van der Waals surface area contributed by atoms with Crippen LogP contribution in [0.4, 0.5) is 0 Å². The summed E-state index contributed by atoms with van der Waals surface area (Å²) in [5.41, 5.74) is 0.922. The lowest BCUT2D eigenvalue weighted by molar-refractivity contribution is -0.117. The van der Waals surface area contributed by atoms with Crippen molar-refractivity contribution >= 4 is 15.9 Å². The van der Waals surface area contributed by atoms with Crippen molar-refractivity contribution in [3.05, 3.63) is 41.6 Å². The van der Waals surface area contributed by atoms with Crippen LogP contribution < -0.4 is 15.8 Å². The smallest absolute Gasteiger partial charge is 0.263 e. The maximum atomic E-state index is 11.8. The van der Waals surface area contributed by atoms with Crippen LogP contribution in [0, 0.1) is 17.2 Å². The van der Waals surface area contributed by atoms with Gasteiger partial charge in [0.05, 0.1) is 4.90 Å². The normalized spacial score (nSPS) is 11.9. The molecule has 0 fully saturated rings. The van der Waals surface area contributed by atoms with Crippen LogP contribution >= 0.6 is 0 Å². The molecule has 0 bridgehead atoms. The lowest BCUT2D eigenvalue weighted by Gasteiger charge is -2.07. The number of rotatable bonds is 8. The first kappa shape index (κ1) is 19.7. The van der Waals surface area contributed by atoms with Crippen molar-refractivity contribution in [1.82, 2.24) is 10.6 Å². The molecule has 0 aliphatic rings. The summed E-state index contributed by atoms with van der Waals surface area (Å²) in [5.74, 6) is -0.0987. The Hall–Kier alpha value is -2.37. The summed E-state index contributed by atoms with van der Waals surface area (Å²) < 4.78 is 22.3. The molecule has 1 aromatic rings. The highest BCUT2D eigenvalue weighted by Crippen LogP contribution is 2.08. The molecule has 8 heteroatoms. The Labute approximate surface area is 142 Å². The van der Waals surface area contributed by atoms with Crippen LogP contribution in [-0.2, 0) is 21.2 Å². The number of nitriles is 1. The van der Waals surface area contributed by atoms with Gasteiger partial charge in [-0.1, -0.05) is 26.0 Å². The Kier molecular flexibility index (Phi) is 7.42. The zero-order valence-corrected chi connectivity index (χ0v) is 14.6. The number of hydrogen-bond acceptors (Lipinski definition) is 5. The molecule has 0 heterocycles. The van der Waals surface area contributed by atoms with Gasteiger partial charge in [0, 0.05) is 19.3 Å². The van der Waals surface area contributed by atoms with Gasteiger partial charge in [0.1, 0.15) is 11.6 Å². The largest absolute Gasteiger partial charge is 0.389 e. The van der Waals surface area contributed by atoms with Crippen LogP contribution in [0.5, 0.6) is 0 Å². The Morgan fingerprint density at radius 3 is 2.46 bits per heavy atom. The summed E-state index contributed by atoms with van der Waals surface area (Å²) in [6.07, 6.45) is 1.99. The summed E-state index contributed by atoms with van der Waals surface area (Å²) in [7, 11) is -3.69. The maximum absolute atomic E-state index is 11.8. The van der Waals surface area contributed by atoms with Crippen LogP contribution in [0.1, 0.15) is 19.4 Å². The minimum absolute atomic E-state index is 0.0141. The first-order valence-electron chi connectivity index (χ1n) is 7.47. The molecule has 0 radical (unpaired) electrons. The van der Waals surface area contributed by atoms with Crippen LogP contribution in [0.15, 0.2) is 40.9 Å². The Bertz CT molecular complexity index is 732. The van der Waals surface area contributed by atoms with Crippen LogP contribution in [0.3, 0.4) is 0 Å². The summed E-state index contributed by atoms with van der Waals surface area (Å²) in [5, 5.41) is 19.6. The van der Waals surface area contributed by atoms with Crippen LogP contribution in [0.2, 0.25) is 0 Å². The van der Waals surface area contributed by atoms with Gasteiger partial charge in [-0.05, 0) is 30.0 Å². The molecule has 7 nitrogen and oxygen atoms in total. The van der Waals surface area contributed by atoms with Crippen molar-refractivity contribution in [3.63, 3.8) is 0 Å². The number of amides is 1. The van der Waals surface area contributed by atoms with Gasteiger partial charge in [-0.15, -0.1) is 0 Å². The molecule has 4 N–H and O–H groups in total. The second-order valence-electron chi connectivity index (χ2n) is 5.67. The number of primary sulfonamides is 1. The molecule has 0 spiro atoms. The number of carbonyl (C=O) groups is 1. The van der Waals surface area contributed by atoms with Crippen molar-refractivity contribution in [2.24, 2.45) is 11.1 Å². The van der Waals surface area contributed by atoms with Crippen LogP contribution in [0.25, 0.3) is 0 Å². The Balaban J connectivity index is 2.51. The van der Waals surface area contributed by atoms with Gasteiger partial charge in [-0.25, -0.2) is 13.6 Å². The Morgan fingerprint density at radius 1 is 1.33 bits per heavy atom. The lowest BCUT2D eigenvalue weighted by Crippen LogP contribution is -2.29. The standard InChI is InChI=1S/C16H22N4O3S/c1-12(2)10-20-16(21)14(9-17)11-19-8-7-13-3-5-15(6-4-13)24(18,22)23/h3-6,11-12,19H,7-8,10H2,1-2H3,(H,20,21)(H2,18,22,23)/b14-11-. The molecule has 0 unspecified atom stereocenters. The topological polar surface area (TPSA) is 125 Å². The fourth-order valence-corrected chi connectivity index (χ4v) is 2.29. The van der Waals surface area contributed by atoms with Crippen molar-refractivity contribution in [2.45, 2.75) is 25.2 Å². The molecule has 1 aromatic carbocycles. The van der Waals surface area contributed by atoms with Gasteiger partial charge in [-0.3, -0.25) is 4.79 Å². The van der Waals surface area contributed by atoms with Crippen molar-refractivity contribution in [2.75, 3.05) is 13.1 Å². The number of sulfonamides is 1. The number of nitrogens with one attached hydrogen (secondary N) is 2. The zero-order valence-electron chi connectivity index (χ0n) is 13.7. The molecule has 0 saturated carbocycles. The molecule has 0 aromatic heterocycles.